The Morgan fingerprint density at radius 2 is 1.77 bits per heavy atom. The van der Waals surface area contributed by atoms with E-state index in [1.165, 1.54) is 6.42 Å². The van der Waals surface area contributed by atoms with Crippen molar-refractivity contribution in [2.45, 2.75) is 83.8 Å². The zero-order valence-electron chi connectivity index (χ0n) is 21.1. The van der Waals surface area contributed by atoms with Crippen molar-refractivity contribution in [3.8, 4) is 11.5 Å². The van der Waals surface area contributed by atoms with Crippen molar-refractivity contribution >= 4 is 11.8 Å². The highest BCUT2D eigenvalue weighted by Gasteiger charge is 2.30. The summed E-state index contributed by atoms with van der Waals surface area (Å²) in [6.45, 7) is 5.55. The second-order valence-electron chi connectivity index (χ2n) is 9.76. The fraction of sp³-hybridized carbons (Fsp3) is 0.517. The van der Waals surface area contributed by atoms with Crippen molar-refractivity contribution in [2.24, 2.45) is 0 Å². The van der Waals surface area contributed by atoms with Crippen molar-refractivity contribution in [1.82, 2.24) is 10.2 Å². The van der Waals surface area contributed by atoms with Gasteiger partial charge in [0, 0.05) is 19.0 Å². The number of benzene rings is 2. The minimum atomic E-state index is -0.481. The number of carbonyl (C=O) groups is 2. The fourth-order valence-corrected chi connectivity index (χ4v) is 5.11. The minimum Gasteiger partial charge on any atom is -0.486 e. The van der Waals surface area contributed by atoms with Gasteiger partial charge in [-0.1, -0.05) is 62.1 Å². The lowest BCUT2D eigenvalue weighted by atomic mass is 9.95. The summed E-state index contributed by atoms with van der Waals surface area (Å²) in [6.07, 6.45) is 7.10. The maximum absolute atomic E-state index is 13.6. The van der Waals surface area contributed by atoms with Crippen molar-refractivity contribution in [1.29, 1.82) is 0 Å². The predicted octanol–water partition coefficient (Wildman–Crippen LogP) is 4.96. The molecule has 2 amide bonds. The van der Waals surface area contributed by atoms with Crippen LogP contribution in [0.1, 0.15) is 68.6 Å². The molecule has 1 aliphatic carbocycles. The van der Waals surface area contributed by atoms with Crippen LogP contribution in [-0.2, 0) is 22.6 Å². The molecule has 1 N–H and O–H groups in total. The van der Waals surface area contributed by atoms with Gasteiger partial charge in [0.15, 0.2) is 11.5 Å². The van der Waals surface area contributed by atoms with Crippen LogP contribution in [0, 0.1) is 6.92 Å². The number of aryl methyl sites for hydroxylation is 2. The van der Waals surface area contributed by atoms with Gasteiger partial charge < -0.3 is 19.7 Å². The molecule has 1 saturated carbocycles. The molecule has 2 aliphatic rings. The van der Waals surface area contributed by atoms with Crippen molar-refractivity contribution in [2.75, 3.05) is 13.2 Å². The summed E-state index contributed by atoms with van der Waals surface area (Å²) in [5.74, 6) is 1.45. The molecule has 0 saturated heterocycles. The largest absolute Gasteiger partial charge is 0.486 e. The van der Waals surface area contributed by atoms with E-state index in [0.717, 1.165) is 53.9 Å². The highest BCUT2D eigenvalue weighted by Crippen LogP contribution is 2.31. The molecule has 188 valence electrons. The zero-order valence-corrected chi connectivity index (χ0v) is 21.1. The zero-order chi connectivity index (χ0) is 24.6. The first-order valence-corrected chi connectivity index (χ1v) is 13.1. The van der Waals surface area contributed by atoms with Crippen LogP contribution >= 0.6 is 0 Å². The molecule has 1 fully saturated rings. The van der Waals surface area contributed by atoms with Gasteiger partial charge in [0.25, 0.3) is 0 Å². The number of nitrogens with one attached hydrogen (secondary N) is 1. The van der Waals surface area contributed by atoms with Gasteiger partial charge in [0.05, 0.1) is 0 Å². The van der Waals surface area contributed by atoms with Gasteiger partial charge in [0.1, 0.15) is 19.3 Å². The molecule has 6 nitrogen and oxygen atoms in total. The van der Waals surface area contributed by atoms with E-state index < -0.39 is 6.04 Å². The average Bonchev–Trinajstić information content (AvgIpc) is 2.87. The van der Waals surface area contributed by atoms with Crippen molar-refractivity contribution < 1.29 is 19.1 Å². The first kappa shape index (κ1) is 25.1. The number of hydrogen-bond donors (Lipinski definition) is 1. The summed E-state index contributed by atoms with van der Waals surface area (Å²) in [5.41, 5.74) is 3.21. The summed E-state index contributed by atoms with van der Waals surface area (Å²) in [4.78, 5) is 28.7. The quantitative estimate of drug-likeness (QED) is 0.553. The first-order valence-electron chi connectivity index (χ1n) is 13.1. The van der Waals surface area contributed by atoms with Crippen LogP contribution in [0.3, 0.4) is 0 Å². The monoisotopic (exact) mass is 478 g/mol. The third kappa shape index (κ3) is 6.77. The molecule has 0 spiro atoms. The Hall–Kier alpha value is -3.02. The summed E-state index contributed by atoms with van der Waals surface area (Å²) in [6, 6.07) is 13.8. The molecule has 1 unspecified atom stereocenters. The molecule has 2 aromatic rings. The number of fused-ring (bicyclic) bond motifs is 1. The smallest absolute Gasteiger partial charge is 0.243 e. The SMILES string of the molecule is CCC(C(=O)NC1CCCCC1)N(Cc1cccc(C)c1)C(=O)CCc1ccc2c(c1)OCCO2. The van der Waals surface area contributed by atoms with Gasteiger partial charge in [-0.25, -0.2) is 0 Å². The standard InChI is InChI=1S/C29H38N2O4/c1-3-25(29(33)30-24-10-5-4-6-11-24)31(20-23-9-7-8-21(2)18-23)28(32)15-13-22-12-14-26-27(19-22)35-17-16-34-26/h7-9,12,14,18-19,24-25H,3-6,10-11,13,15-17,20H2,1-2H3,(H,30,33). The molecule has 0 radical (unpaired) electrons. The van der Waals surface area contributed by atoms with E-state index in [4.69, 9.17) is 9.47 Å². The molecule has 4 rings (SSSR count). The molecule has 2 aromatic carbocycles. The molecule has 1 atom stereocenters. The first-order chi connectivity index (χ1) is 17.0. The van der Waals surface area contributed by atoms with E-state index >= 15 is 0 Å². The van der Waals surface area contributed by atoms with E-state index in [0.29, 0.717) is 39.0 Å². The third-order valence-corrected chi connectivity index (χ3v) is 7.01. The number of amides is 2. The third-order valence-electron chi connectivity index (χ3n) is 7.01. The highest BCUT2D eigenvalue weighted by molar-refractivity contribution is 5.88. The lowest BCUT2D eigenvalue weighted by molar-refractivity contribution is -0.141. The molecule has 6 heteroatoms. The molecular formula is C29H38N2O4. The van der Waals surface area contributed by atoms with E-state index in [1.54, 1.807) is 4.90 Å². The number of carbonyl (C=O) groups excluding carboxylic acids is 2. The predicted molar refractivity (Wildman–Crippen MR) is 137 cm³/mol. The number of hydrogen-bond acceptors (Lipinski definition) is 4. The highest BCUT2D eigenvalue weighted by atomic mass is 16.6. The van der Waals surface area contributed by atoms with Crippen molar-refractivity contribution in [3.63, 3.8) is 0 Å². The average molecular weight is 479 g/mol. The number of ether oxygens (including phenoxy) is 2. The van der Waals surface area contributed by atoms with Gasteiger partial charge >= 0.3 is 0 Å². The Morgan fingerprint density at radius 1 is 1.00 bits per heavy atom. The van der Waals surface area contributed by atoms with Crippen LogP contribution in [0.5, 0.6) is 11.5 Å². The second-order valence-corrected chi connectivity index (χ2v) is 9.76. The van der Waals surface area contributed by atoms with E-state index in [9.17, 15) is 9.59 Å². The topological polar surface area (TPSA) is 67.9 Å². The lowest BCUT2D eigenvalue weighted by Gasteiger charge is -2.33. The van der Waals surface area contributed by atoms with Crippen LogP contribution in [0.4, 0.5) is 0 Å². The lowest BCUT2D eigenvalue weighted by Crippen LogP contribution is -2.51. The van der Waals surface area contributed by atoms with Crippen LogP contribution in [0.2, 0.25) is 0 Å². The van der Waals surface area contributed by atoms with Crippen molar-refractivity contribution in [3.05, 3.63) is 59.2 Å². The molecule has 0 aromatic heterocycles. The molecule has 1 heterocycles. The van der Waals surface area contributed by atoms with Gasteiger partial charge in [-0.05, 0) is 55.9 Å². The normalized spacial score (nSPS) is 16.4. The summed E-state index contributed by atoms with van der Waals surface area (Å²) in [7, 11) is 0. The van der Waals surface area contributed by atoms with Crippen LogP contribution in [0.15, 0.2) is 42.5 Å². The van der Waals surface area contributed by atoms with E-state index in [-0.39, 0.29) is 17.9 Å². The van der Waals surface area contributed by atoms with Crippen LogP contribution in [-0.4, -0.2) is 42.0 Å². The fourth-order valence-electron chi connectivity index (χ4n) is 5.11. The molecule has 0 bridgehead atoms. The van der Waals surface area contributed by atoms with Gasteiger partial charge in [-0.3, -0.25) is 9.59 Å². The minimum absolute atomic E-state index is 0.00737. The Kier molecular flexibility index (Phi) is 8.67. The van der Waals surface area contributed by atoms with E-state index in [1.807, 2.05) is 50.2 Å². The Morgan fingerprint density at radius 3 is 2.51 bits per heavy atom. The Labute approximate surface area is 209 Å². The van der Waals surface area contributed by atoms with Gasteiger partial charge in [-0.2, -0.15) is 0 Å². The Bertz CT molecular complexity index is 1020. The summed E-state index contributed by atoms with van der Waals surface area (Å²) in [5, 5.41) is 3.25. The maximum atomic E-state index is 13.6. The number of nitrogens with zero attached hydrogens (tertiary/aromatic N) is 1. The molecular weight excluding hydrogens is 440 g/mol. The summed E-state index contributed by atoms with van der Waals surface area (Å²) < 4.78 is 11.3. The van der Waals surface area contributed by atoms with Crippen LogP contribution in [0.25, 0.3) is 0 Å². The molecule has 35 heavy (non-hydrogen) atoms. The maximum Gasteiger partial charge on any atom is 0.243 e. The second kappa shape index (κ2) is 12.1. The number of rotatable bonds is 9. The molecule has 1 aliphatic heterocycles. The van der Waals surface area contributed by atoms with Crippen LogP contribution < -0.4 is 14.8 Å². The van der Waals surface area contributed by atoms with E-state index in [2.05, 4.69) is 11.4 Å². The van der Waals surface area contributed by atoms with Gasteiger partial charge in [-0.15, -0.1) is 0 Å². The Balaban J connectivity index is 1.48. The van der Waals surface area contributed by atoms with Gasteiger partial charge in [0.2, 0.25) is 11.8 Å². The summed E-state index contributed by atoms with van der Waals surface area (Å²) >= 11 is 0.